The molecule has 2 N–H and O–H groups in total. The van der Waals surface area contributed by atoms with E-state index in [0.29, 0.717) is 17.1 Å². The van der Waals surface area contributed by atoms with Gasteiger partial charge in [0.05, 0.1) is 11.9 Å². The Bertz CT molecular complexity index is 746. The second kappa shape index (κ2) is 5.38. The van der Waals surface area contributed by atoms with Gasteiger partial charge >= 0.3 is 5.97 Å². The molecule has 1 heterocycles. The highest BCUT2D eigenvalue weighted by Crippen LogP contribution is 2.56. The molecule has 23 heavy (non-hydrogen) atoms. The van der Waals surface area contributed by atoms with Crippen LogP contribution in [0.4, 0.5) is 0 Å². The zero-order chi connectivity index (χ0) is 16.8. The second-order valence-corrected chi connectivity index (χ2v) is 8.03. The second-order valence-electron chi connectivity index (χ2n) is 5.62. The largest absolute Gasteiger partial charge is 0.465 e. The lowest BCUT2D eigenvalue weighted by Crippen LogP contribution is -2.41. The third-order valence-corrected chi connectivity index (χ3v) is 6.59. The maximum Gasteiger partial charge on any atom is 0.328 e. The number of nitrogens with two attached hydrogens (primary N) is 1. The first-order valence-corrected chi connectivity index (χ1v) is 9.15. The Morgan fingerprint density at radius 3 is 2.70 bits per heavy atom. The number of rotatable bonds is 5. The molecular formula is C15H19NO6S. The lowest BCUT2D eigenvalue weighted by atomic mass is 10.1. The minimum Gasteiger partial charge on any atom is -0.465 e. The first-order chi connectivity index (χ1) is 10.9. The van der Waals surface area contributed by atoms with Crippen LogP contribution in [0.25, 0.3) is 0 Å². The predicted octanol–water partition coefficient (Wildman–Crippen LogP) is 0.576. The van der Waals surface area contributed by atoms with Crippen LogP contribution >= 0.6 is 0 Å². The lowest BCUT2D eigenvalue weighted by Gasteiger charge is -2.11. The maximum atomic E-state index is 12.4. The van der Waals surface area contributed by atoms with Crippen LogP contribution in [0.2, 0.25) is 0 Å². The van der Waals surface area contributed by atoms with Gasteiger partial charge in [-0.3, -0.25) is 0 Å². The van der Waals surface area contributed by atoms with E-state index in [4.69, 9.17) is 19.9 Å². The summed E-state index contributed by atoms with van der Waals surface area (Å²) in [6, 6.07) is 5.08. The van der Waals surface area contributed by atoms with Crippen molar-refractivity contribution in [1.82, 2.24) is 0 Å². The Hall–Kier alpha value is -1.80. The molecule has 1 aromatic rings. The molecule has 0 radical (unpaired) electrons. The van der Waals surface area contributed by atoms with E-state index in [1.165, 1.54) is 6.92 Å². The number of ether oxygens (including phenoxy) is 3. The van der Waals surface area contributed by atoms with E-state index in [0.717, 1.165) is 0 Å². The molecular weight excluding hydrogens is 322 g/mol. The van der Waals surface area contributed by atoms with Crippen molar-refractivity contribution in [2.24, 2.45) is 5.73 Å². The van der Waals surface area contributed by atoms with Crippen LogP contribution in [-0.2, 0) is 19.4 Å². The number of hydrogen-bond donors (Lipinski definition) is 1. The van der Waals surface area contributed by atoms with Gasteiger partial charge in [-0.25, -0.2) is 13.2 Å². The molecule has 3 atom stereocenters. The molecule has 0 amide bonds. The van der Waals surface area contributed by atoms with Crippen LogP contribution in [0, 0.1) is 0 Å². The standard InChI is InChI=1S/C15H19NO6S/c1-3-20-14(17)15(16)12(13(15)23(18,19)4-2)9-5-6-10-11(7-9)22-8-21-10/h5-7,12-13H,3-4,8,16H2,1-2H3/t12-,13+,15+/m1/s1. The van der Waals surface area contributed by atoms with Crippen molar-refractivity contribution >= 4 is 15.8 Å². The monoisotopic (exact) mass is 341 g/mol. The van der Waals surface area contributed by atoms with Crippen LogP contribution in [0.5, 0.6) is 11.5 Å². The number of hydrogen-bond acceptors (Lipinski definition) is 7. The molecule has 0 bridgehead atoms. The summed E-state index contributed by atoms with van der Waals surface area (Å²) >= 11 is 0. The molecule has 0 aromatic heterocycles. The van der Waals surface area contributed by atoms with Gasteiger partial charge in [-0.05, 0) is 24.6 Å². The fourth-order valence-electron chi connectivity index (χ4n) is 3.11. The van der Waals surface area contributed by atoms with E-state index < -0.39 is 32.5 Å². The zero-order valence-electron chi connectivity index (χ0n) is 12.9. The summed E-state index contributed by atoms with van der Waals surface area (Å²) in [5.74, 6) is -0.320. The highest BCUT2D eigenvalue weighted by Gasteiger charge is 2.74. The fourth-order valence-corrected chi connectivity index (χ4v) is 5.03. The van der Waals surface area contributed by atoms with Crippen molar-refractivity contribution in [3.8, 4) is 11.5 Å². The van der Waals surface area contributed by atoms with Crippen LogP contribution < -0.4 is 15.2 Å². The molecule has 2 aliphatic rings. The first-order valence-electron chi connectivity index (χ1n) is 7.43. The smallest absolute Gasteiger partial charge is 0.328 e. The summed E-state index contributed by atoms with van der Waals surface area (Å²) in [5, 5.41) is -0.987. The van der Waals surface area contributed by atoms with Gasteiger partial charge in [-0.15, -0.1) is 0 Å². The van der Waals surface area contributed by atoms with Crippen molar-refractivity contribution < 1.29 is 27.4 Å². The number of fused-ring (bicyclic) bond motifs is 1. The van der Waals surface area contributed by atoms with Crippen molar-refractivity contribution in [2.45, 2.75) is 30.6 Å². The van der Waals surface area contributed by atoms with Crippen LogP contribution in [0.15, 0.2) is 18.2 Å². The Morgan fingerprint density at radius 1 is 1.35 bits per heavy atom. The normalized spacial score (nSPS) is 28.5. The Balaban J connectivity index is 2.00. The van der Waals surface area contributed by atoms with Crippen molar-refractivity contribution in [3.63, 3.8) is 0 Å². The van der Waals surface area contributed by atoms with Gasteiger partial charge in [-0.2, -0.15) is 0 Å². The number of benzene rings is 1. The molecule has 0 unspecified atom stereocenters. The fraction of sp³-hybridized carbons (Fsp3) is 0.533. The van der Waals surface area contributed by atoms with Gasteiger partial charge in [0, 0.05) is 11.7 Å². The van der Waals surface area contributed by atoms with Crippen LogP contribution in [0.1, 0.15) is 25.3 Å². The quantitative estimate of drug-likeness (QED) is 0.781. The number of carbonyl (C=O) groups is 1. The molecule has 0 spiro atoms. The van der Waals surface area contributed by atoms with Gasteiger partial charge in [0.15, 0.2) is 21.3 Å². The minimum atomic E-state index is -3.51. The summed E-state index contributed by atoms with van der Waals surface area (Å²) < 4.78 is 40.3. The molecule has 126 valence electrons. The summed E-state index contributed by atoms with van der Waals surface area (Å²) in [6.45, 7) is 3.45. The van der Waals surface area contributed by atoms with E-state index in [1.807, 2.05) is 0 Å². The van der Waals surface area contributed by atoms with E-state index in [9.17, 15) is 13.2 Å². The van der Waals surface area contributed by atoms with E-state index in [-0.39, 0.29) is 19.2 Å². The topological polar surface area (TPSA) is 105 Å². The molecule has 1 fully saturated rings. The number of esters is 1. The summed E-state index contributed by atoms with van der Waals surface area (Å²) in [5.41, 5.74) is 5.25. The molecule has 1 saturated carbocycles. The number of carbonyl (C=O) groups excluding carboxylic acids is 1. The average Bonchev–Trinajstić information content (AvgIpc) is 2.93. The minimum absolute atomic E-state index is 0.0862. The zero-order valence-corrected chi connectivity index (χ0v) is 13.8. The van der Waals surface area contributed by atoms with Gasteiger partial charge in [-0.1, -0.05) is 13.0 Å². The molecule has 0 saturated heterocycles. The Kier molecular flexibility index (Phi) is 3.76. The van der Waals surface area contributed by atoms with Crippen LogP contribution in [-0.4, -0.2) is 44.3 Å². The third kappa shape index (κ3) is 2.36. The van der Waals surface area contributed by atoms with E-state index >= 15 is 0 Å². The molecule has 1 aliphatic carbocycles. The highest BCUT2D eigenvalue weighted by molar-refractivity contribution is 7.92. The molecule has 1 aromatic carbocycles. The van der Waals surface area contributed by atoms with Gasteiger partial charge in [0.2, 0.25) is 6.79 Å². The predicted molar refractivity (Wildman–Crippen MR) is 82.1 cm³/mol. The molecule has 7 nitrogen and oxygen atoms in total. The van der Waals surface area contributed by atoms with Gasteiger partial charge < -0.3 is 19.9 Å². The maximum absolute atomic E-state index is 12.4. The number of sulfone groups is 1. The molecule has 3 rings (SSSR count). The average molecular weight is 341 g/mol. The van der Waals surface area contributed by atoms with Gasteiger partial charge in [0.1, 0.15) is 5.54 Å². The van der Waals surface area contributed by atoms with Crippen molar-refractivity contribution in [2.75, 3.05) is 19.2 Å². The highest BCUT2D eigenvalue weighted by atomic mass is 32.2. The Labute approximate surface area is 134 Å². The molecule has 8 heteroatoms. The molecule has 1 aliphatic heterocycles. The third-order valence-electron chi connectivity index (χ3n) is 4.35. The van der Waals surface area contributed by atoms with E-state index in [1.54, 1.807) is 25.1 Å². The lowest BCUT2D eigenvalue weighted by molar-refractivity contribution is -0.145. The Morgan fingerprint density at radius 2 is 2.04 bits per heavy atom. The summed E-state index contributed by atoms with van der Waals surface area (Å²) in [7, 11) is -3.51. The summed E-state index contributed by atoms with van der Waals surface area (Å²) in [6.07, 6.45) is 0. The van der Waals surface area contributed by atoms with Crippen LogP contribution in [0.3, 0.4) is 0 Å². The van der Waals surface area contributed by atoms with E-state index in [2.05, 4.69) is 0 Å². The SMILES string of the molecule is CCOC(=O)[C@]1(N)[C@H](c2ccc3c(c2)OCO3)[C@@H]1S(=O)(=O)CC. The van der Waals surface area contributed by atoms with Crippen molar-refractivity contribution in [1.29, 1.82) is 0 Å². The van der Waals surface area contributed by atoms with Crippen molar-refractivity contribution in [3.05, 3.63) is 23.8 Å². The first kappa shape index (κ1) is 16.1. The van der Waals surface area contributed by atoms with Gasteiger partial charge in [0.25, 0.3) is 0 Å². The summed E-state index contributed by atoms with van der Waals surface area (Å²) in [4.78, 5) is 12.2.